The number of benzene rings is 2. The van der Waals surface area contributed by atoms with Crippen LogP contribution in [-0.2, 0) is 42.1 Å². The summed E-state index contributed by atoms with van der Waals surface area (Å²) in [5.74, 6) is 0. The van der Waals surface area contributed by atoms with Gasteiger partial charge in [-0.05, 0) is 0 Å². The van der Waals surface area contributed by atoms with E-state index in [-0.39, 0.29) is 24.8 Å². The second kappa shape index (κ2) is 15.4. The number of fused-ring (bicyclic) bond motifs is 2. The fourth-order valence-corrected chi connectivity index (χ4v) is 5.52. The van der Waals surface area contributed by atoms with E-state index in [1.54, 1.807) is 10.4 Å². The van der Waals surface area contributed by atoms with Crippen LogP contribution >= 0.6 is 0 Å². The summed E-state index contributed by atoms with van der Waals surface area (Å²) in [6, 6.07) is 26.6. The van der Waals surface area contributed by atoms with Gasteiger partial charge >= 0.3 is 42.1 Å². The van der Waals surface area contributed by atoms with E-state index in [0.717, 1.165) is 34.7 Å². The third-order valence-corrected chi connectivity index (χ3v) is 9.01. The zero-order valence-corrected chi connectivity index (χ0v) is 25.7. The molecule has 0 spiro atoms. The molecule has 0 aliphatic rings. The topological polar surface area (TPSA) is 34.1 Å². The third kappa shape index (κ3) is 9.74. The standard InChI is InChI=1S/2C12H15Si.2ClH.2O.2V/c2*1-13(2,3)12-8-10-6-4-5-7-11(10)9-12;;;;;;/h2*4-9H,1-3H3;2*1H;;;;/q2*-1;;;;;;/p-2. The molecule has 0 aromatic heterocycles. The summed E-state index contributed by atoms with van der Waals surface area (Å²) in [5, 5.41) is 8.68. The Kier molecular flexibility index (Phi) is 16.1. The van der Waals surface area contributed by atoms with Gasteiger partial charge in [-0.1, -0.05) is 51.4 Å². The van der Waals surface area contributed by atoms with Crippen LogP contribution in [0, 0.1) is 0 Å². The van der Waals surface area contributed by atoms with Crippen molar-refractivity contribution in [2.75, 3.05) is 0 Å². The van der Waals surface area contributed by atoms with Gasteiger partial charge in [-0.2, -0.15) is 22.9 Å². The first-order chi connectivity index (χ1) is 14.1. The summed E-state index contributed by atoms with van der Waals surface area (Å²) in [6.07, 6.45) is 0. The normalized spacial score (nSPS) is 10.1. The molecule has 2 nitrogen and oxygen atoms in total. The summed E-state index contributed by atoms with van der Waals surface area (Å²) in [5.41, 5.74) is 0. The van der Waals surface area contributed by atoms with Crippen LogP contribution in [0.2, 0.25) is 39.3 Å². The van der Waals surface area contributed by atoms with Crippen LogP contribution in [0.25, 0.3) is 21.5 Å². The van der Waals surface area contributed by atoms with E-state index in [1.807, 2.05) is 0 Å². The molecule has 0 aliphatic heterocycles. The van der Waals surface area contributed by atoms with E-state index in [0.29, 0.717) is 0 Å². The molecule has 4 aromatic carbocycles. The molecule has 0 unspecified atom stereocenters. The van der Waals surface area contributed by atoms with Crippen molar-refractivity contribution in [1.29, 1.82) is 0 Å². The Labute approximate surface area is 225 Å². The molecular weight excluding hydrogens is 549 g/mol. The van der Waals surface area contributed by atoms with E-state index < -0.39 is 16.1 Å². The van der Waals surface area contributed by atoms with Crippen LogP contribution in [0.3, 0.4) is 0 Å². The summed E-state index contributed by atoms with van der Waals surface area (Å²) in [7, 11) is -2.23. The van der Waals surface area contributed by atoms with Crippen LogP contribution in [-0.4, -0.2) is 16.1 Å². The minimum absolute atomic E-state index is 0. The molecule has 0 N–H and O–H groups in total. The molecule has 32 heavy (non-hydrogen) atoms. The number of hydrogen-bond donors (Lipinski definition) is 0. The predicted octanol–water partition coefficient (Wildman–Crippen LogP) is -0.0268. The average molecular weight is 579 g/mol. The SMILES string of the molecule is C[Si](C)(C)c1cc2ccccc2[cH-]1.C[Si](C)(C)c1cc2ccccc2[cH-]1.[Cl-].[Cl-].[O]=[V].[O]=[V]. The van der Waals surface area contributed by atoms with E-state index in [9.17, 15) is 0 Å². The maximum absolute atomic E-state index is 8.19. The molecule has 4 rings (SSSR count). The van der Waals surface area contributed by atoms with Crippen molar-refractivity contribution in [3.8, 4) is 0 Å². The van der Waals surface area contributed by atoms with Crippen molar-refractivity contribution in [3.05, 3.63) is 72.8 Å². The van der Waals surface area contributed by atoms with Crippen LogP contribution in [0.4, 0.5) is 0 Å². The van der Waals surface area contributed by atoms with Crippen molar-refractivity contribution < 1.29 is 66.9 Å². The summed E-state index contributed by atoms with van der Waals surface area (Å²) in [4.78, 5) is 0. The first-order valence-electron chi connectivity index (χ1n) is 9.83. The summed E-state index contributed by atoms with van der Waals surface area (Å²) < 4.78 is 16.4. The Hall–Kier alpha value is -0.557. The molecule has 0 aliphatic carbocycles. The van der Waals surface area contributed by atoms with Crippen LogP contribution in [0.15, 0.2) is 72.8 Å². The fraction of sp³-hybridized carbons (Fsp3) is 0.250. The second-order valence-electron chi connectivity index (χ2n) is 9.25. The Morgan fingerprint density at radius 3 is 1.09 bits per heavy atom. The van der Waals surface area contributed by atoms with Gasteiger partial charge in [0.2, 0.25) is 0 Å². The van der Waals surface area contributed by atoms with Crippen LogP contribution in [0.5, 0.6) is 0 Å². The Balaban J connectivity index is 0. The molecule has 0 heterocycles. The monoisotopic (exact) mass is 578 g/mol. The molecule has 0 atom stereocenters. The molecule has 0 fully saturated rings. The quantitative estimate of drug-likeness (QED) is 0.247. The Morgan fingerprint density at radius 2 is 0.844 bits per heavy atom. The number of rotatable bonds is 2. The summed E-state index contributed by atoms with van der Waals surface area (Å²) >= 11 is 2.12. The summed E-state index contributed by atoms with van der Waals surface area (Å²) in [6.45, 7) is 14.3. The molecule has 0 saturated carbocycles. The van der Waals surface area contributed by atoms with E-state index in [4.69, 9.17) is 7.35 Å². The van der Waals surface area contributed by atoms with Crippen molar-refractivity contribution in [3.63, 3.8) is 0 Å². The molecule has 0 amide bonds. The zero-order valence-electron chi connectivity index (χ0n) is 19.4. The van der Waals surface area contributed by atoms with Gasteiger partial charge in [-0.15, -0.1) is 69.7 Å². The van der Waals surface area contributed by atoms with Gasteiger partial charge in [-0.25, -0.2) is 0 Å². The van der Waals surface area contributed by atoms with E-state index in [2.05, 4.69) is 112 Å². The van der Waals surface area contributed by atoms with Gasteiger partial charge in [0, 0.05) is 0 Å². The molecular formula is C24H30Cl2O2Si2V2-4. The zero-order chi connectivity index (χ0) is 22.9. The first kappa shape index (κ1) is 33.6. The third-order valence-electron chi connectivity index (χ3n) is 4.97. The van der Waals surface area contributed by atoms with Gasteiger partial charge in [0.25, 0.3) is 0 Å². The van der Waals surface area contributed by atoms with E-state index in [1.165, 1.54) is 21.5 Å². The van der Waals surface area contributed by atoms with Crippen molar-refractivity contribution in [1.82, 2.24) is 0 Å². The molecule has 174 valence electrons. The van der Waals surface area contributed by atoms with Crippen molar-refractivity contribution in [2.45, 2.75) is 39.3 Å². The van der Waals surface area contributed by atoms with Gasteiger partial charge in [-0.3, -0.25) is 0 Å². The molecule has 0 radical (unpaired) electrons. The molecule has 0 bridgehead atoms. The first-order valence-corrected chi connectivity index (χ1v) is 18.0. The van der Waals surface area contributed by atoms with Gasteiger partial charge < -0.3 is 24.8 Å². The van der Waals surface area contributed by atoms with Gasteiger partial charge in [0.15, 0.2) is 0 Å². The number of hydrogen-bond acceptors (Lipinski definition) is 2. The van der Waals surface area contributed by atoms with Crippen LogP contribution < -0.4 is 35.2 Å². The van der Waals surface area contributed by atoms with Crippen LogP contribution in [0.1, 0.15) is 0 Å². The number of halogens is 2. The Bertz CT molecular complexity index is 915. The van der Waals surface area contributed by atoms with Crippen molar-refractivity contribution >= 4 is 48.1 Å². The van der Waals surface area contributed by atoms with Gasteiger partial charge in [0.05, 0.1) is 16.1 Å². The predicted molar refractivity (Wildman–Crippen MR) is 126 cm³/mol. The molecule has 0 saturated heterocycles. The van der Waals surface area contributed by atoms with E-state index >= 15 is 0 Å². The molecule has 8 heteroatoms. The fourth-order valence-electron chi connectivity index (χ4n) is 3.17. The molecule has 4 aromatic rings. The van der Waals surface area contributed by atoms with Gasteiger partial charge in [0.1, 0.15) is 0 Å². The average Bonchev–Trinajstić information content (AvgIpc) is 3.35. The Morgan fingerprint density at radius 1 is 0.562 bits per heavy atom. The minimum atomic E-state index is -1.12. The second-order valence-corrected chi connectivity index (χ2v) is 19.4. The van der Waals surface area contributed by atoms with Crippen molar-refractivity contribution in [2.24, 2.45) is 0 Å². The maximum atomic E-state index is 8.19.